The Kier molecular flexibility index (Phi) is 5.48. The second-order valence-electron chi connectivity index (χ2n) is 6.27. The van der Waals surface area contributed by atoms with Crippen LogP contribution in [0.2, 0.25) is 0 Å². The summed E-state index contributed by atoms with van der Waals surface area (Å²) in [4.78, 5) is 33.2. The normalized spacial score (nSPS) is 10.9. The highest BCUT2D eigenvalue weighted by molar-refractivity contribution is 7.99. The Morgan fingerprint density at radius 1 is 1.10 bits per heavy atom. The van der Waals surface area contributed by atoms with E-state index in [4.69, 9.17) is 4.74 Å². The largest absolute Gasteiger partial charge is 0.494 e. The minimum absolute atomic E-state index is 0.0550. The number of thioether (sulfide) groups is 1. The number of nitrogens with one attached hydrogen (secondary N) is 1. The first-order chi connectivity index (χ1) is 14.2. The van der Waals surface area contributed by atoms with Gasteiger partial charge in [-0.05, 0) is 55.5 Å². The maximum Gasteiger partial charge on any atom is 0.266 e. The number of benzene rings is 2. The summed E-state index contributed by atoms with van der Waals surface area (Å²) in [7, 11) is 0. The number of fused-ring (bicyclic) bond motifs is 1. The van der Waals surface area contributed by atoms with Crippen molar-refractivity contribution in [2.75, 3.05) is 12.4 Å². The number of hydrogen-bond acceptors (Lipinski definition) is 5. The summed E-state index contributed by atoms with van der Waals surface area (Å²) in [5, 5.41) is 0.999. The number of ketones is 1. The first-order valence-corrected chi connectivity index (χ1v) is 10.2. The van der Waals surface area contributed by atoms with E-state index in [0.29, 0.717) is 34.0 Å². The van der Waals surface area contributed by atoms with Gasteiger partial charge < -0.3 is 9.72 Å². The summed E-state index contributed by atoms with van der Waals surface area (Å²) in [5.41, 5.74) is 1.64. The molecule has 4 aromatic rings. The van der Waals surface area contributed by atoms with Gasteiger partial charge in [-0.2, -0.15) is 0 Å². The SMILES string of the molecule is CCOc1ccc(-n2c(SCC(=O)c3ccc[nH]3)nc3ccccc3c2=O)cc1. The van der Waals surface area contributed by atoms with Gasteiger partial charge in [-0.3, -0.25) is 14.2 Å². The number of Topliss-reactive ketones (excluding diaryl/α,β-unsaturated/α-hetero) is 1. The van der Waals surface area contributed by atoms with Crippen LogP contribution in [0.3, 0.4) is 0 Å². The van der Waals surface area contributed by atoms with E-state index in [-0.39, 0.29) is 17.1 Å². The quantitative estimate of drug-likeness (QED) is 0.285. The Morgan fingerprint density at radius 3 is 2.62 bits per heavy atom. The zero-order chi connectivity index (χ0) is 20.2. The first kappa shape index (κ1) is 19.0. The zero-order valence-corrected chi connectivity index (χ0v) is 16.6. The van der Waals surface area contributed by atoms with Crippen LogP contribution in [0.4, 0.5) is 0 Å². The molecule has 2 heterocycles. The number of hydrogen-bond donors (Lipinski definition) is 1. The molecule has 6 nitrogen and oxygen atoms in total. The van der Waals surface area contributed by atoms with Crippen molar-refractivity contribution in [2.45, 2.75) is 12.1 Å². The van der Waals surface area contributed by atoms with Gasteiger partial charge in [0.2, 0.25) is 0 Å². The molecule has 1 N–H and O–H groups in total. The van der Waals surface area contributed by atoms with Crippen molar-refractivity contribution in [1.82, 2.24) is 14.5 Å². The molecule has 2 aromatic carbocycles. The summed E-state index contributed by atoms with van der Waals surface area (Å²) in [5.74, 6) is 0.845. The number of H-pyrrole nitrogens is 1. The monoisotopic (exact) mass is 405 g/mol. The molecule has 29 heavy (non-hydrogen) atoms. The number of carbonyl (C=O) groups excluding carboxylic acids is 1. The van der Waals surface area contributed by atoms with Crippen molar-refractivity contribution in [3.05, 3.63) is 82.9 Å². The van der Waals surface area contributed by atoms with Gasteiger partial charge in [-0.1, -0.05) is 23.9 Å². The highest BCUT2D eigenvalue weighted by Crippen LogP contribution is 2.23. The van der Waals surface area contributed by atoms with Gasteiger partial charge >= 0.3 is 0 Å². The van der Waals surface area contributed by atoms with Gasteiger partial charge in [0, 0.05) is 6.20 Å². The van der Waals surface area contributed by atoms with Crippen molar-refractivity contribution in [3.63, 3.8) is 0 Å². The van der Waals surface area contributed by atoms with Crippen LogP contribution in [0.25, 0.3) is 16.6 Å². The van der Waals surface area contributed by atoms with Gasteiger partial charge in [0.25, 0.3) is 5.56 Å². The Bertz CT molecular complexity index is 1200. The average molecular weight is 405 g/mol. The van der Waals surface area contributed by atoms with Crippen molar-refractivity contribution in [1.29, 1.82) is 0 Å². The fourth-order valence-electron chi connectivity index (χ4n) is 3.01. The van der Waals surface area contributed by atoms with Crippen LogP contribution in [-0.4, -0.2) is 32.7 Å². The van der Waals surface area contributed by atoms with Crippen LogP contribution in [0.5, 0.6) is 5.75 Å². The maximum absolute atomic E-state index is 13.2. The van der Waals surface area contributed by atoms with E-state index in [1.807, 2.05) is 43.3 Å². The van der Waals surface area contributed by atoms with E-state index in [9.17, 15) is 9.59 Å². The maximum atomic E-state index is 13.2. The Hall–Kier alpha value is -3.32. The molecule has 0 fully saturated rings. The van der Waals surface area contributed by atoms with Crippen LogP contribution in [0.1, 0.15) is 17.4 Å². The van der Waals surface area contributed by atoms with Crippen molar-refractivity contribution in [3.8, 4) is 11.4 Å². The molecule has 0 saturated heterocycles. The topological polar surface area (TPSA) is 77.0 Å². The standard InChI is InChI=1S/C22H19N3O3S/c1-2-28-16-11-9-15(10-12-16)25-21(27)17-6-3-4-7-18(17)24-22(25)29-14-20(26)19-8-5-13-23-19/h3-13,23H,2,14H2,1H3. The predicted molar refractivity (Wildman–Crippen MR) is 114 cm³/mol. The molecular formula is C22H19N3O3S. The van der Waals surface area contributed by atoms with Crippen LogP contribution in [0.15, 0.2) is 76.8 Å². The van der Waals surface area contributed by atoms with Crippen LogP contribution in [0, 0.1) is 0 Å². The van der Waals surface area contributed by atoms with Crippen LogP contribution in [-0.2, 0) is 0 Å². The zero-order valence-electron chi connectivity index (χ0n) is 15.8. The highest BCUT2D eigenvalue weighted by atomic mass is 32.2. The van der Waals surface area contributed by atoms with Crippen molar-refractivity contribution >= 4 is 28.4 Å². The molecule has 0 unspecified atom stereocenters. The predicted octanol–water partition coefficient (Wildman–Crippen LogP) is 4.09. The number of ether oxygens (including phenoxy) is 1. The van der Waals surface area contributed by atoms with Crippen molar-refractivity contribution in [2.24, 2.45) is 0 Å². The van der Waals surface area contributed by atoms with Gasteiger partial charge in [-0.15, -0.1) is 0 Å². The number of aromatic amines is 1. The summed E-state index contributed by atoms with van der Waals surface area (Å²) in [6.45, 7) is 2.49. The molecule has 0 aliphatic rings. The molecule has 0 aliphatic heterocycles. The van der Waals surface area contributed by atoms with E-state index < -0.39 is 0 Å². The summed E-state index contributed by atoms with van der Waals surface area (Å²) >= 11 is 1.24. The third-order valence-corrected chi connectivity index (χ3v) is 5.32. The Morgan fingerprint density at radius 2 is 1.90 bits per heavy atom. The second kappa shape index (κ2) is 8.36. The van der Waals surface area contributed by atoms with Gasteiger partial charge in [0.15, 0.2) is 10.9 Å². The van der Waals surface area contributed by atoms with E-state index in [1.165, 1.54) is 11.8 Å². The summed E-state index contributed by atoms with van der Waals surface area (Å²) in [6, 6.07) is 18.0. The second-order valence-corrected chi connectivity index (χ2v) is 7.22. The number of rotatable bonds is 7. The number of carbonyl (C=O) groups is 1. The molecule has 4 rings (SSSR count). The van der Waals surface area contributed by atoms with Gasteiger partial charge in [0.1, 0.15) is 5.75 Å². The van der Waals surface area contributed by atoms with Crippen LogP contribution < -0.4 is 10.3 Å². The lowest BCUT2D eigenvalue weighted by molar-refractivity contribution is 0.101. The molecule has 0 amide bonds. The molecule has 0 bridgehead atoms. The molecule has 0 saturated carbocycles. The summed E-state index contributed by atoms with van der Waals surface area (Å²) in [6.07, 6.45) is 1.71. The summed E-state index contributed by atoms with van der Waals surface area (Å²) < 4.78 is 7.04. The van der Waals surface area contributed by atoms with Gasteiger partial charge in [-0.25, -0.2) is 4.98 Å². The minimum atomic E-state index is -0.172. The molecule has 0 radical (unpaired) electrons. The lowest BCUT2D eigenvalue weighted by Gasteiger charge is -2.13. The molecule has 0 atom stereocenters. The molecule has 7 heteroatoms. The fraction of sp³-hybridized carbons (Fsp3) is 0.136. The molecule has 0 spiro atoms. The third kappa shape index (κ3) is 3.95. The molecule has 0 aliphatic carbocycles. The third-order valence-electron chi connectivity index (χ3n) is 4.38. The lowest BCUT2D eigenvalue weighted by Crippen LogP contribution is -2.22. The van der Waals surface area contributed by atoms with Crippen LogP contribution >= 0.6 is 11.8 Å². The molecular weight excluding hydrogens is 386 g/mol. The fourth-order valence-corrected chi connectivity index (χ4v) is 3.90. The van der Waals surface area contributed by atoms with E-state index in [1.54, 1.807) is 35.0 Å². The first-order valence-electron chi connectivity index (χ1n) is 9.22. The average Bonchev–Trinajstić information content (AvgIpc) is 3.28. The van der Waals surface area contributed by atoms with E-state index in [2.05, 4.69) is 9.97 Å². The molecule has 146 valence electrons. The minimum Gasteiger partial charge on any atom is -0.494 e. The molecule has 2 aromatic heterocycles. The Labute approximate surface area is 171 Å². The highest BCUT2D eigenvalue weighted by Gasteiger charge is 2.16. The number of para-hydroxylation sites is 1. The Balaban J connectivity index is 1.76. The van der Waals surface area contributed by atoms with Gasteiger partial charge in [0.05, 0.1) is 34.6 Å². The number of nitrogens with zero attached hydrogens (tertiary/aromatic N) is 2. The smallest absolute Gasteiger partial charge is 0.266 e. The van der Waals surface area contributed by atoms with Crippen molar-refractivity contribution < 1.29 is 9.53 Å². The number of aromatic nitrogens is 3. The van der Waals surface area contributed by atoms with E-state index in [0.717, 1.165) is 5.75 Å². The van der Waals surface area contributed by atoms with E-state index >= 15 is 0 Å². The lowest BCUT2D eigenvalue weighted by atomic mass is 10.2.